The van der Waals surface area contributed by atoms with Gasteiger partial charge in [0.2, 0.25) is 0 Å². The lowest BCUT2D eigenvalue weighted by Gasteiger charge is -2.16. The molecule has 1 N–H and O–H groups in total. The van der Waals surface area contributed by atoms with Crippen LogP contribution in [-0.4, -0.2) is 20.9 Å². The van der Waals surface area contributed by atoms with Crippen LogP contribution < -0.4 is 9.62 Å². The monoisotopic (exact) mass is 366 g/mol. The van der Waals surface area contributed by atoms with Crippen molar-refractivity contribution in [2.75, 3.05) is 16.2 Å². The van der Waals surface area contributed by atoms with Crippen molar-refractivity contribution in [2.45, 2.75) is 18.7 Å². The molecule has 4 rings (SSSR count). The first-order valence-corrected chi connectivity index (χ1v) is 9.88. The van der Waals surface area contributed by atoms with E-state index in [4.69, 9.17) is 0 Å². The lowest BCUT2D eigenvalue weighted by Crippen LogP contribution is -2.25. The van der Waals surface area contributed by atoms with Gasteiger partial charge in [0.05, 0.1) is 10.6 Å². The van der Waals surface area contributed by atoms with E-state index in [9.17, 15) is 13.2 Å². The van der Waals surface area contributed by atoms with Crippen LogP contribution in [0.3, 0.4) is 0 Å². The standard InChI is InChI=1S/C20H18N2O3S/c1-3-22-17-11-12-18(15-5-4-6-16(19(15)17)20(22)23)26(24,25)21-14-9-7-13(2)8-10-14/h4-12,21H,3H2,1-2H3. The predicted octanol–water partition coefficient (Wildman–Crippen LogP) is 3.93. The Kier molecular flexibility index (Phi) is 3.73. The van der Waals surface area contributed by atoms with Gasteiger partial charge >= 0.3 is 0 Å². The van der Waals surface area contributed by atoms with Crippen molar-refractivity contribution in [1.29, 1.82) is 0 Å². The minimum absolute atomic E-state index is 0.0888. The van der Waals surface area contributed by atoms with Gasteiger partial charge in [0.1, 0.15) is 0 Å². The molecule has 0 saturated carbocycles. The van der Waals surface area contributed by atoms with Gasteiger partial charge in [-0.3, -0.25) is 9.52 Å². The first-order valence-electron chi connectivity index (χ1n) is 8.39. The number of benzene rings is 3. The first-order chi connectivity index (χ1) is 12.4. The third kappa shape index (κ3) is 2.45. The van der Waals surface area contributed by atoms with E-state index in [2.05, 4.69) is 4.72 Å². The molecule has 0 fully saturated rings. The van der Waals surface area contributed by atoms with E-state index in [0.29, 0.717) is 28.6 Å². The molecule has 0 aromatic heterocycles. The average Bonchev–Trinajstić information content (AvgIpc) is 2.90. The van der Waals surface area contributed by atoms with E-state index < -0.39 is 10.0 Å². The fourth-order valence-electron chi connectivity index (χ4n) is 3.40. The fourth-order valence-corrected chi connectivity index (χ4v) is 4.66. The topological polar surface area (TPSA) is 66.5 Å². The lowest BCUT2D eigenvalue weighted by molar-refractivity contribution is 0.0994. The van der Waals surface area contributed by atoms with Gasteiger partial charge < -0.3 is 4.90 Å². The number of nitrogens with one attached hydrogen (secondary N) is 1. The van der Waals surface area contributed by atoms with Gasteiger partial charge in [-0.2, -0.15) is 0 Å². The summed E-state index contributed by atoms with van der Waals surface area (Å²) in [6.45, 7) is 4.38. The Morgan fingerprint density at radius 3 is 2.42 bits per heavy atom. The summed E-state index contributed by atoms with van der Waals surface area (Å²) in [5.41, 5.74) is 2.87. The zero-order valence-corrected chi connectivity index (χ0v) is 15.3. The molecule has 0 atom stereocenters. The lowest BCUT2D eigenvalue weighted by atomic mass is 10.1. The van der Waals surface area contributed by atoms with Crippen molar-refractivity contribution in [3.63, 3.8) is 0 Å². The molecular formula is C20H18N2O3S. The summed E-state index contributed by atoms with van der Waals surface area (Å²) in [6, 6.07) is 15.7. The minimum Gasteiger partial charge on any atom is -0.308 e. The summed E-state index contributed by atoms with van der Waals surface area (Å²) in [7, 11) is -3.78. The summed E-state index contributed by atoms with van der Waals surface area (Å²) in [6.07, 6.45) is 0. The Hall–Kier alpha value is -2.86. The minimum atomic E-state index is -3.78. The number of carbonyl (C=O) groups is 1. The Bertz CT molecular complexity index is 1140. The number of amides is 1. The zero-order chi connectivity index (χ0) is 18.5. The maximum absolute atomic E-state index is 13.0. The number of hydrogen-bond donors (Lipinski definition) is 1. The Morgan fingerprint density at radius 1 is 1.00 bits per heavy atom. The maximum atomic E-state index is 13.0. The molecule has 0 saturated heterocycles. The highest BCUT2D eigenvalue weighted by atomic mass is 32.2. The van der Waals surface area contributed by atoms with Gasteiger partial charge in [-0.05, 0) is 44.2 Å². The molecule has 0 aliphatic carbocycles. The van der Waals surface area contributed by atoms with E-state index in [1.807, 2.05) is 26.0 Å². The first kappa shape index (κ1) is 16.6. The number of anilines is 2. The number of carbonyl (C=O) groups excluding carboxylic acids is 1. The quantitative estimate of drug-likeness (QED) is 0.761. The molecule has 1 amide bonds. The Morgan fingerprint density at radius 2 is 1.73 bits per heavy atom. The molecule has 1 aliphatic heterocycles. The number of nitrogens with zero attached hydrogens (tertiary/aromatic N) is 1. The van der Waals surface area contributed by atoms with Crippen molar-refractivity contribution in [2.24, 2.45) is 0 Å². The third-order valence-electron chi connectivity index (χ3n) is 4.65. The van der Waals surface area contributed by atoms with Gasteiger partial charge in [-0.25, -0.2) is 8.42 Å². The highest BCUT2D eigenvalue weighted by molar-refractivity contribution is 7.93. The van der Waals surface area contributed by atoms with Gasteiger partial charge in [0, 0.05) is 28.6 Å². The highest BCUT2D eigenvalue weighted by Gasteiger charge is 2.31. The summed E-state index contributed by atoms with van der Waals surface area (Å²) in [4.78, 5) is 14.4. The van der Waals surface area contributed by atoms with Crippen molar-refractivity contribution in [3.8, 4) is 0 Å². The van der Waals surface area contributed by atoms with E-state index >= 15 is 0 Å². The molecule has 0 bridgehead atoms. The second-order valence-corrected chi connectivity index (χ2v) is 7.98. The number of sulfonamides is 1. The second kappa shape index (κ2) is 5.85. The van der Waals surface area contributed by atoms with E-state index in [1.54, 1.807) is 47.4 Å². The molecule has 26 heavy (non-hydrogen) atoms. The van der Waals surface area contributed by atoms with Crippen LogP contribution in [-0.2, 0) is 10.0 Å². The summed E-state index contributed by atoms with van der Waals surface area (Å²) in [5, 5.41) is 1.26. The van der Waals surface area contributed by atoms with Crippen molar-refractivity contribution < 1.29 is 13.2 Å². The molecular weight excluding hydrogens is 348 g/mol. The number of hydrogen-bond acceptors (Lipinski definition) is 3. The van der Waals surface area contributed by atoms with Crippen molar-refractivity contribution in [3.05, 3.63) is 65.7 Å². The maximum Gasteiger partial charge on any atom is 0.262 e. The molecule has 1 heterocycles. The number of rotatable bonds is 4. The van der Waals surface area contributed by atoms with Crippen LogP contribution in [0.15, 0.2) is 59.5 Å². The van der Waals surface area contributed by atoms with E-state index in [-0.39, 0.29) is 10.8 Å². The van der Waals surface area contributed by atoms with Crippen molar-refractivity contribution in [1.82, 2.24) is 0 Å². The SMILES string of the molecule is CCN1C(=O)c2cccc3c(S(=O)(=O)Nc4ccc(C)cc4)ccc1c23. The summed E-state index contributed by atoms with van der Waals surface area (Å²) >= 11 is 0. The molecule has 132 valence electrons. The van der Waals surface area contributed by atoms with Crippen LogP contribution in [0.2, 0.25) is 0 Å². The zero-order valence-electron chi connectivity index (χ0n) is 14.5. The largest absolute Gasteiger partial charge is 0.308 e. The molecule has 3 aromatic rings. The van der Waals surface area contributed by atoms with Gasteiger partial charge in [0.15, 0.2) is 0 Å². The van der Waals surface area contributed by atoms with Gasteiger partial charge in [-0.15, -0.1) is 0 Å². The third-order valence-corrected chi connectivity index (χ3v) is 6.09. The van der Waals surface area contributed by atoms with Crippen LogP contribution >= 0.6 is 0 Å². The molecule has 3 aromatic carbocycles. The predicted molar refractivity (Wildman–Crippen MR) is 103 cm³/mol. The van der Waals surface area contributed by atoms with Crippen LogP contribution in [0, 0.1) is 6.92 Å². The molecule has 0 spiro atoms. The van der Waals surface area contributed by atoms with Crippen LogP contribution in [0.25, 0.3) is 10.8 Å². The Balaban J connectivity index is 1.87. The second-order valence-electron chi connectivity index (χ2n) is 6.33. The molecule has 0 radical (unpaired) electrons. The van der Waals surface area contributed by atoms with Crippen LogP contribution in [0.5, 0.6) is 0 Å². The Labute approximate surface area is 152 Å². The highest BCUT2D eigenvalue weighted by Crippen LogP contribution is 2.40. The number of aryl methyl sites for hydroxylation is 1. The van der Waals surface area contributed by atoms with Crippen LogP contribution in [0.4, 0.5) is 11.4 Å². The molecule has 0 unspecified atom stereocenters. The summed E-state index contributed by atoms with van der Waals surface area (Å²) < 4.78 is 28.6. The normalized spacial score (nSPS) is 13.5. The molecule has 6 heteroatoms. The summed E-state index contributed by atoms with van der Waals surface area (Å²) in [5.74, 6) is -0.0888. The fraction of sp³-hybridized carbons (Fsp3) is 0.150. The van der Waals surface area contributed by atoms with E-state index in [0.717, 1.165) is 11.3 Å². The van der Waals surface area contributed by atoms with Crippen LogP contribution in [0.1, 0.15) is 22.8 Å². The van der Waals surface area contributed by atoms with Gasteiger partial charge in [0.25, 0.3) is 15.9 Å². The van der Waals surface area contributed by atoms with E-state index in [1.165, 1.54) is 0 Å². The molecule has 1 aliphatic rings. The average molecular weight is 366 g/mol. The van der Waals surface area contributed by atoms with Crippen molar-refractivity contribution >= 4 is 38.1 Å². The molecule has 5 nitrogen and oxygen atoms in total. The van der Waals surface area contributed by atoms with Gasteiger partial charge in [-0.1, -0.05) is 29.8 Å². The smallest absolute Gasteiger partial charge is 0.262 e.